The Morgan fingerprint density at radius 3 is 1.68 bits per heavy atom. The molecule has 6 atom stereocenters. The highest BCUT2D eigenvalue weighted by molar-refractivity contribution is 6.24. The first kappa shape index (κ1) is 30.2. The van der Waals surface area contributed by atoms with Gasteiger partial charge < -0.3 is 14.6 Å². The molecule has 0 radical (unpaired) electrons. The van der Waals surface area contributed by atoms with Crippen molar-refractivity contribution in [2.45, 2.75) is 18.8 Å². The van der Waals surface area contributed by atoms with Crippen molar-refractivity contribution < 1.29 is 33.8 Å². The fraction of sp³-hybridized carbons (Fsp3) is 0.263. The molecule has 0 unspecified atom stereocenters. The standard InChI is InChI=1S/C38H34N2O7/c1-5-20-7-11-22(12-8-20)39-35(42)26-16-15-25-27(31(26)37(39)44)19-28-33(32(25)34-29(46-3)17-24(41)18-30(34)47-4)38(45)40(36(28)43)23-13-9-21(6-2)10-14-23/h5-15,17-18,26-28,31-33,41H,1-2,16,19H2,3-4H3/t26-,27+,28+,31-,32-,33+/m0/s1. The molecular weight excluding hydrogens is 596 g/mol. The number of methoxy groups -OCH3 is 2. The summed E-state index contributed by atoms with van der Waals surface area (Å²) in [6.45, 7) is 7.57. The van der Waals surface area contributed by atoms with Crippen molar-refractivity contribution in [3.8, 4) is 17.2 Å². The van der Waals surface area contributed by atoms with Crippen molar-refractivity contribution in [2.75, 3.05) is 24.0 Å². The van der Waals surface area contributed by atoms with Crippen molar-refractivity contribution in [3.05, 3.63) is 102 Å². The summed E-state index contributed by atoms with van der Waals surface area (Å²) < 4.78 is 11.5. The summed E-state index contributed by atoms with van der Waals surface area (Å²) in [5.74, 6) is -4.99. The SMILES string of the molecule is C=Cc1ccc(N2C(=O)[C@H]3[C@H](CC=C4[C@H]3C[C@H]3C(=O)N(c5ccc(C=C)cc5)C(=O)[C@H]3[C@H]4c3c(OC)cc(O)cc3OC)C2=O)cc1. The third-order valence-electron chi connectivity index (χ3n) is 10.3. The number of carbonyl (C=O) groups excluding carboxylic acids is 4. The molecule has 7 rings (SSSR count). The molecule has 0 bridgehead atoms. The lowest BCUT2D eigenvalue weighted by Crippen LogP contribution is -2.43. The van der Waals surface area contributed by atoms with Crippen LogP contribution in [0.2, 0.25) is 0 Å². The summed E-state index contributed by atoms with van der Waals surface area (Å²) in [5, 5.41) is 10.5. The van der Waals surface area contributed by atoms with Crippen LogP contribution >= 0.6 is 0 Å². The van der Waals surface area contributed by atoms with E-state index in [4.69, 9.17) is 9.47 Å². The second-order valence-corrected chi connectivity index (χ2v) is 12.4. The van der Waals surface area contributed by atoms with Crippen LogP contribution in [0.25, 0.3) is 12.2 Å². The summed E-state index contributed by atoms with van der Waals surface area (Å²) >= 11 is 0. The average molecular weight is 631 g/mol. The van der Waals surface area contributed by atoms with E-state index >= 15 is 0 Å². The van der Waals surface area contributed by atoms with Crippen LogP contribution in [-0.2, 0) is 19.2 Å². The smallest absolute Gasteiger partial charge is 0.238 e. The predicted molar refractivity (Wildman–Crippen MR) is 177 cm³/mol. The van der Waals surface area contributed by atoms with Crippen molar-refractivity contribution >= 4 is 47.2 Å². The Morgan fingerprint density at radius 2 is 1.19 bits per heavy atom. The van der Waals surface area contributed by atoms with E-state index in [9.17, 15) is 24.3 Å². The number of amides is 4. The van der Waals surface area contributed by atoms with Crippen molar-refractivity contribution in [1.29, 1.82) is 0 Å². The van der Waals surface area contributed by atoms with Gasteiger partial charge in [-0.25, -0.2) is 0 Å². The molecule has 238 valence electrons. The summed E-state index contributed by atoms with van der Waals surface area (Å²) in [6.07, 6.45) is 5.86. The topological polar surface area (TPSA) is 113 Å². The van der Waals surface area contributed by atoms with E-state index in [1.165, 1.54) is 36.2 Å². The summed E-state index contributed by atoms with van der Waals surface area (Å²) in [7, 11) is 2.93. The number of carbonyl (C=O) groups is 4. The van der Waals surface area contributed by atoms with Gasteiger partial charge in [0, 0.05) is 23.6 Å². The first-order valence-corrected chi connectivity index (χ1v) is 15.6. The number of aromatic hydroxyl groups is 1. The normalized spacial score (nSPS) is 26.4. The highest BCUT2D eigenvalue weighted by atomic mass is 16.5. The molecule has 47 heavy (non-hydrogen) atoms. The minimum absolute atomic E-state index is 0.0866. The number of hydrogen-bond acceptors (Lipinski definition) is 7. The third-order valence-corrected chi connectivity index (χ3v) is 10.3. The number of phenolic OH excluding ortho intramolecular Hbond substituents is 1. The Balaban J connectivity index is 1.37. The number of imide groups is 2. The number of benzene rings is 3. The minimum Gasteiger partial charge on any atom is -0.508 e. The van der Waals surface area contributed by atoms with Gasteiger partial charge >= 0.3 is 0 Å². The van der Waals surface area contributed by atoms with Crippen LogP contribution in [0.15, 0.2) is 85.5 Å². The molecule has 4 amide bonds. The number of rotatable bonds is 7. The number of allylic oxidation sites excluding steroid dienone is 2. The van der Waals surface area contributed by atoms with Crippen LogP contribution < -0.4 is 19.3 Å². The van der Waals surface area contributed by atoms with Gasteiger partial charge in [0.1, 0.15) is 17.2 Å². The number of phenols is 1. The van der Waals surface area contributed by atoms with Gasteiger partial charge in [-0.2, -0.15) is 0 Å². The molecule has 1 N–H and O–H groups in total. The van der Waals surface area contributed by atoms with Gasteiger partial charge in [-0.15, -0.1) is 0 Å². The van der Waals surface area contributed by atoms with Gasteiger partial charge in [-0.05, 0) is 54.2 Å². The molecule has 2 saturated heterocycles. The number of anilines is 2. The lowest BCUT2D eigenvalue weighted by atomic mass is 9.57. The molecule has 2 aliphatic carbocycles. The maximum Gasteiger partial charge on any atom is 0.238 e. The second kappa shape index (κ2) is 11.4. The molecule has 0 aromatic heterocycles. The number of nitrogens with zero attached hydrogens (tertiary/aromatic N) is 2. The highest BCUT2D eigenvalue weighted by Crippen LogP contribution is 2.61. The Hall–Kier alpha value is -5.44. The van der Waals surface area contributed by atoms with E-state index in [1.54, 1.807) is 60.7 Å². The maximum atomic E-state index is 14.5. The van der Waals surface area contributed by atoms with Gasteiger partial charge in [0.2, 0.25) is 23.6 Å². The van der Waals surface area contributed by atoms with Crippen molar-refractivity contribution in [3.63, 3.8) is 0 Å². The molecule has 9 nitrogen and oxygen atoms in total. The molecule has 1 saturated carbocycles. The zero-order valence-corrected chi connectivity index (χ0v) is 26.1. The molecule has 3 aromatic carbocycles. The molecule has 2 heterocycles. The van der Waals surface area contributed by atoms with Crippen LogP contribution in [0.4, 0.5) is 11.4 Å². The highest BCUT2D eigenvalue weighted by Gasteiger charge is 2.63. The van der Waals surface area contributed by atoms with E-state index in [0.717, 1.165) is 16.7 Å². The van der Waals surface area contributed by atoms with E-state index in [-0.39, 0.29) is 35.8 Å². The van der Waals surface area contributed by atoms with Gasteiger partial charge in [0.05, 0.1) is 49.3 Å². The molecule has 9 heteroatoms. The lowest BCUT2D eigenvalue weighted by molar-refractivity contribution is -0.126. The average Bonchev–Trinajstić information content (AvgIpc) is 3.50. The molecule has 3 fully saturated rings. The molecule has 0 spiro atoms. The molecular formula is C38H34N2O7. The number of ether oxygens (including phenoxy) is 2. The van der Waals surface area contributed by atoms with E-state index in [0.29, 0.717) is 34.9 Å². The number of fused-ring (bicyclic) bond motifs is 4. The third kappa shape index (κ3) is 4.52. The van der Waals surface area contributed by atoms with Crippen LogP contribution in [0, 0.1) is 29.6 Å². The molecule has 2 aliphatic heterocycles. The van der Waals surface area contributed by atoms with Crippen LogP contribution in [-0.4, -0.2) is 43.0 Å². The monoisotopic (exact) mass is 630 g/mol. The summed E-state index contributed by atoms with van der Waals surface area (Å²) in [6, 6.07) is 17.0. The summed E-state index contributed by atoms with van der Waals surface area (Å²) in [4.78, 5) is 59.4. The predicted octanol–water partition coefficient (Wildman–Crippen LogP) is 5.74. The minimum atomic E-state index is -0.831. The fourth-order valence-electron chi connectivity index (χ4n) is 8.17. The van der Waals surface area contributed by atoms with Crippen LogP contribution in [0.1, 0.15) is 35.4 Å². The lowest BCUT2D eigenvalue weighted by Gasteiger charge is -2.44. The Bertz CT molecular complexity index is 1850. The Morgan fingerprint density at radius 1 is 0.702 bits per heavy atom. The quantitative estimate of drug-likeness (QED) is 0.262. The van der Waals surface area contributed by atoms with E-state index < -0.39 is 35.5 Å². The van der Waals surface area contributed by atoms with E-state index in [1.807, 2.05) is 6.08 Å². The summed E-state index contributed by atoms with van der Waals surface area (Å²) in [5.41, 5.74) is 3.94. The van der Waals surface area contributed by atoms with Crippen molar-refractivity contribution in [1.82, 2.24) is 0 Å². The van der Waals surface area contributed by atoms with Crippen LogP contribution in [0.3, 0.4) is 0 Å². The first-order valence-electron chi connectivity index (χ1n) is 15.6. The second-order valence-electron chi connectivity index (χ2n) is 12.4. The molecule has 4 aliphatic rings. The maximum absolute atomic E-state index is 14.5. The van der Waals surface area contributed by atoms with Crippen LogP contribution in [0.5, 0.6) is 17.2 Å². The van der Waals surface area contributed by atoms with Gasteiger partial charge in [0.25, 0.3) is 0 Å². The van der Waals surface area contributed by atoms with Crippen molar-refractivity contribution in [2.24, 2.45) is 29.6 Å². The van der Waals surface area contributed by atoms with Gasteiger partial charge in [-0.3, -0.25) is 29.0 Å². The van der Waals surface area contributed by atoms with E-state index in [2.05, 4.69) is 13.2 Å². The number of hydrogen-bond donors (Lipinski definition) is 1. The van der Waals surface area contributed by atoms with Gasteiger partial charge in [0.15, 0.2) is 0 Å². The Kier molecular flexibility index (Phi) is 7.34. The Labute approximate surface area is 272 Å². The zero-order chi connectivity index (χ0) is 33.1. The largest absolute Gasteiger partial charge is 0.508 e. The van der Waals surface area contributed by atoms with Gasteiger partial charge in [-0.1, -0.05) is 61.2 Å². The molecule has 3 aromatic rings. The fourth-order valence-corrected chi connectivity index (χ4v) is 8.17. The zero-order valence-electron chi connectivity index (χ0n) is 26.1. The first-order chi connectivity index (χ1) is 22.7.